The second kappa shape index (κ2) is 7.40. The van der Waals surface area contributed by atoms with Crippen molar-refractivity contribution >= 4 is 12.0 Å². The Morgan fingerprint density at radius 2 is 1.96 bits per heavy atom. The molecule has 6 heteroatoms. The largest absolute Gasteiger partial charge is 0.463 e. The SMILES string of the molecule is CCOC(=O)/C=C/c1ccc(Cn2cc(C)c(=O)[nH]c2=O)cc1. The Morgan fingerprint density at radius 3 is 2.61 bits per heavy atom. The fourth-order valence-corrected chi connectivity index (χ4v) is 2.02. The molecule has 6 nitrogen and oxygen atoms in total. The molecule has 0 spiro atoms. The second-order valence-corrected chi connectivity index (χ2v) is 5.03. The standard InChI is InChI=1S/C17H18N2O4/c1-3-23-15(20)9-8-13-4-6-14(7-5-13)11-19-10-12(2)16(21)18-17(19)22/h4-10H,3,11H2,1-2H3,(H,18,21,22)/b9-8+. The number of rotatable bonds is 5. The van der Waals surface area contributed by atoms with Crippen molar-refractivity contribution in [1.29, 1.82) is 0 Å². The van der Waals surface area contributed by atoms with E-state index in [1.165, 1.54) is 16.8 Å². The van der Waals surface area contributed by atoms with Crippen LogP contribution in [-0.4, -0.2) is 22.1 Å². The third-order valence-electron chi connectivity index (χ3n) is 3.22. The Bertz CT molecular complexity index is 829. The van der Waals surface area contributed by atoms with Gasteiger partial charge in [-0.1, -0.05) is 24.3 Å². The minimum Gasteiger partial charge on any atom is -0.463 e. The van der Waals surface area contributed by atoms with Gasteiger partial charge in [0.2, 0.25) is 0 Å². The van der Waals surface area contributed by atoms with E-state index in [-0.39, 0.29) is 11.5 Å². The lowest BCUT2D eigenvalue weighted by Crippen LogP contribution is -2.31. The molecule has 2 rings (SSSR count). The lowest BCUT2D eigenvalue weighted by molar-refractivity contribution is -0.137. The highest BCUT2D eigenvalue weighted by atomic mass is 16.5. The van der Waals surface area contributed by atoms with Crippen LogP contribution in [0.15, 0.2) is 46.1 Å². The van der Waals surface area contributed by atoms with Gasteiger partial charge in [-0.15, -0.1) is 0 Å². The first kappa shape index (κ1) is 16.5. The monoisotopic (exact) mass is 314 g/mol. The van der Waals surface area contributed by atoms with Crippen LogP contribution in [0.5, 0.6) is 0 Å². The van der Waals surface area contributed by atoms with Crippen molar-refractivity contribution in [3.63, 3.8) is 0 Å². The zero-order valence-electron chi connectivity index (χ0n) is 13.0. The van der Waals surface area contributed by atoms with Gasteiger partial charge in [0.25, 0.3) is 5.56 Å². The van der Waals surface area contributed by atoms with E-state index in [2.05, 4.69) is 4.98 Å². The molecule has 0 fully saturated rings. The van der Waals surface area contributed by atoms with Crippen molar-refractivity contribution < 1.29 is 9.53 Å². The predicted molar refractivity (Wildman–Crippen MR) is 87.3 cm³/mol. The molecule has 1 heterocycles. The van der Waals surface area contributed by atoms with Crippen molar-refractivity contribution in [1.82, 2.24) is 9.55 Å². The van der Waals surface area contributed by atoms with Gasteiger partial charge in [-0.3, -0.25) is 14.3 Å². The topological polar surface area (TPSA) is 81.2 Å². The number of carbonyl (C=O) groups excluding carboxylic acids is 1. The van der Waals surface area contributed by atoms with Gasteiger partial charge in [-0.25, -0.2) is 9.59 Å². The molecule has 2 aromatic rings. The number of hydrogen-bond donors (Lipinski definition) is 1. The molecule has 0 aliphatic carbocycles. The van der Waals surface area contributed by atoms with Crippen LogP contribution in [0.1, 0.15) is 23.6 Å². The molecule has 1 aromatic carbocycles. The van der Waals surface area contributed by atoms with Crippen molar-refractivity contribution in [2.75, 3.05) is 6.61 Å². The predicted octanol–water partition coefficient (Wildman–Crippen LogP) is 1.47. The number of carbonyl (C=O) groups is 1. The molecule has 0 saturated heterocycles. The summed E-state index contributed by atoms with van der Waals surface area (Å²) in [6.07, 6.45) is 4.57. The average molecular weight is 314 g/mol. The molecule has 120 valence electrons. The second-order valence-electron chi connectivity index (χ2n) is 5.03. The van der Waals surface area contributed by atoms with Crippen LogP contribution < -0.4 is 11.2 Å². The maximum atomic E-state index is 11.7. The van der Waals surface area contributed by atoms with E-state index in [4.69, 9.17) is 4.74 Å². The molecular weight excluding hydrogens is 296 g/mol. The molecule has 0 aliphatic rings. The van der Waals surface area contributed by atoms with E-state index >= 15 is 0 Å². The van der Waals surface area contributed by atoms with Crippen LogP contribution >= 0.6 is 0 Å². The van der Waals surface area contributed by atoms with Crippen LogP contribution in [0.25, 0.3) is 6.08 Å². The highest BCUT2D eigenvalue weighted by Crippen LogP contribution is 2.07. The summed E-state index contributed by atoms with van der Waals surface area (Å²) in [6.45, 7) is 4.10. The molecule has 1 aromatic heterocycles. The molecule has 0 saturated carbocycles. The Morgan fingerprint density at radius 1 is 1.26 bits per heavy atom. The number of esters is 1. The highest BCUT2D eigenvalue weighted by molar-refractivity contribution is 5.87. The van der Waals surface area contributed by atoms with Gasteiger partial charge in [-0.2, -0.15) is 0 Å². The van der Waals surface area contributed by atoms with Gasteiger partial charge in [0.05, 0.1) is 13.2 Å². The molecule has 23 heavy (non-hydrogen) atoms. The Labute approximate surface area is 133 Å². The van der Waals surface area contributed by atoms with E-state index < -0.39 is 5.69 Å². The third-order valence-corrected chi connectivity index (χ3v) is 3.22. The maximum absolute atomic E-state index is 11.7. The minimum absolute atomic E-state index is 0.343. The number of benzene rings is 1. The van der Waals surface area contributed by atoms with Crippen LogP contribution in [-0.2, 0) is 16.1 Å². The number of hydrogen-bond acceptors (Lipinski definition) is 4. The van der Waals surface area contributed by atoms with Gasteiger partial charge in [0.15, 0.2) is 0 Å². The van der Waals surface area contributed by atoms with Crippen LogP contribution in [0, 0.1) is 6.92 Å². The quantitative estimate of drug-likeness (QED) is 0.669. The van der Waals surface area contributed by atoms with E-state index in [0.717, 1.165) is 11.1 Å². The van der Waals surface area contributed by atoms with Gasteiger partial charge in [0.1, 0.15) is 0 Å². The molecule has 0 aliphatic heterocycles. The molecule has 0 unspecified atom stereocenters. The van der Waals surface area contributed by atoms with Gasteiger partial charge >= 0.3 is 11.7 Å². The molecule has 0 amide bonds. The first-order valence-corrected chi connectivity index (χ1v) is 7.23. The lowest BCUT2D eigenvalue weighted by atomic mass is 10.1. The summed E-state index contributed by atoms with van der Waals surface area (Å²) in [4.78, 5) is 36.6. The van der Waals surface area contributed by atoms with Crippen LogP contribution in [0.2, 0.25) is 0 Å². The minimum atomic E-state index is -0.438. The van der Waals surface area contributed by atoms with Gasteiger partial charge in [0, 0.05) is 17.8 Å². The van der Waals surface area contributed by atoms with Crippen LogP contribution in [0.3, 0.4) is 0 Å². The van der Waals surface area contributed by atoms with E-state index in [9.17, 15) is 14.4 Å². The van der Waals surface area contributed by atoms with E-state index in [1.807, 2.05) is 24.3 Å². The molecule has 0 bridgehead atoms. The first-order chi connectivity index (χ1) is 11.0. The van der Waals surface area contributed by atoms with E-state index in [0.29, 0.717) is 18.7 Å². The fraction of sp³-hybridized carbons (Fsp3) is 0.235. The zero-order chi connectivity index (χ0) is 16.8. The van der Waals surface area contributed by atoms with E-state index in [1.54, 1.807) is 19.9 Å². The van der Waals surface area contributed by atoms with Gasteiger partial charge in [-0.05, 0) is 31.1 Å². The summed E-state index contributed by atoms with van der Waals surface area (Å²) in [5.41, 5.74) is 1.44. The zero-order valence-corrected chi connectivity index (χ0v) is 13.0. The number of aromatic nitrogens is 2. The number of aromatic amines is 1. The number of ether oxygens (including phenoxy) is 1. The van der Waals surface area contributed by atoms with Crippen molar-refractivity contribution in [3.8, 4) is 0 Å². The number of nitrogens with one attached hydrogen (secondary N) is 1. The summed E-state index contributed by atoms with van der Waals surface area (Å²) in [7, 11) is 0. The molecule has 1 N–H and O–H groups in total. The first-order valence-electron chi connectivity index (χ1n) is 7.23. The van der Waals surface area contributed by atoms with Gasteiger partial charge < -0.3 is 4.74 Å². The van der Waals surface area contributed by atoms with Crippen molar-refractivity contribution in [2.24, 2.45) is 0 Å². The number of nitrogens with zero attached hydrogens (tertiary/aromatic N) is 1. The summed E-state index contributed by atoms with van der Waals surface area (Å²) in [6, 6.07) is 7.40. The summed E-state index contributed by atoms with van der Waals surface area (Å²) in [5.74, 6) is -0.383. The Kier molecular flexibility index (Phi) is 5.30. The molecule has 0 radical (unpaired) electrons. The van der Waals surface area contributed by atoms with Crippen LogP contribution in [0.4, 0.5) is 0 Å². The summed E-state index contributed by atoms with van der Waals surface area (Å²) in [5, 5.41) is 0. The lowest BCUT2D eigenvalue weighted by Gasteiger charge is -2.06. The summed E-state index contributed by atoms with van der Waals surface area (Å²) < 4.78 is 6.25. The maximum Gasteiger partial charge on any atom is 0.330 e. The Hall–Kier alpha value is -2.89. The fourth-order valence-electron chi connectivity index (χ4n) is 2.02. The third kappa shape index (κ3) is 4.54. The number of aryl methyl sites for hydroxylation is 1. The molecule has 0 atom stereocenters. The number of H-pyrrole nitrogens is 1. The smallest absolute Gasteiger partial charge is 0.330 e. The Balaban J connectivity index is 2.12. The normalized spacial score (nSPS) is 10.9. The molecular formula is C17H18N2O4. The average Bonchev–Trinajstić information content (AvgIpc) is 2.52. The summed E-state index contributed by atoms with van der Waals surface area (Å²) >= 11 is 0. The highest BCUT2D eigenvalue weighted by Gasteiger charge is 2.02. The van der Waals surface area contributed by atoms with Crippen molar-refractivity contribution in [3.05, 3.63) is 74.1 Å². The van der Waals surface area contributed by atoms with Crippen molar-refractivity contribution in [2.45, 2.75) is 20.4 Å².